The van der Waals surface area contributed by atoms with Crippen LogP contribution in [0.5, 0.6) is 0 Å². The highest BCUT2D eigenvalue weighted by Crippen LogP contribution is 2.21. The molecule has 4 aromatic rings. The average molecular weight is 372 g/mol. The van der Waals surface area contributed by atoms with Crippen molar-refractivity contribution >= 4 is 16.6 Å². The van der Waals surface area contributed by atoms with E-state index in [1.54, 1.807) is 6.20 Å². The Morgan fingerprint density at radius 3 is 2.93 bits per heavy atom. The Kier molecular flexibility index (Phi) is 4.54. The predicted molar refractivity (Wildman–Crippen MR) is 112 cm³/mol. The van der Waals surface area contributed by atoms with Crippen molar-refractivity contribution in [2.24, 2.45) is 0 Å². The zero-order chi connectivity index (χ0) is 18.8. The van der Waals surface area contributed by atoms with E-state index in [-0.39, 0.29) is 0 Å². The quantitative estimate of drug-likeness (QED) is 0.559. The lowest BCUT2D eigenvalue weighted by molar-refractivity contribution is 0.208. The number of fused-ring (bicyclic) bond motifs is 1. The molecule has 0 radical (unpaired) electrons. The molecule has 6 nitrogen and oxygen atoms in total. The van der Waals surface area contributed by atoms with Gasteiger partial charge in [0.1, 0.15) is 0 Å². The van der Waals surface area contributed by atoms with Crippen molar-refractivity contribution in [1.82, 2.24) is 24.6 Å². The monoisotopic (exact) mass is 372 g/mol. The molecule has 1 unspecified atom stereocenters. The van der Waals surface area contributed by atoms with E-state index in [1.807, 2.05) is 23.3 Å². The number of imidazole rings is 1. The van der Waals surface area contributed by atoms with Crippen molar-refractivity contribution in [2.45, 2.75) is 25.4 Å². The van der Waals surface area contributed by atoms with E-state index in [0.717, 1.165) is 36.2 Å². The smallest absolute Gasteiger partial charge is 0.0991 e. The van der Waals surface area contributed by atoms with Crippen molar-refractivity contribution in [3.63, 3.8) is 0 Å². The topological polar surface area (TPSA) is 61.8 Å². The largest absolute Gasteiger partial charge is 0.381 e. The highest BCUT2D eigenvalue weighted by molar-refractivity contribution is 5.81. The van der Waals surface area contributed by atoms with E-state index in [2.05, 4.69) is 67.9 Å². The Bertz CT molecular complexity index is 1030. The van der Waals surface area contributed by atoms with E-state index in [9.17, 15) is 0 Å². The van der Waals surface area contributed by atoms with Crippen LogP contribution in [0.2, 0.25) is 0 Å². The molecular weight excluding hydrogens is 348 g/mol. The van der Waals surface area contributed by atoms with E-state index in [0.29, 0.717) is 6.04 Å². The fraction of sp³-hybridized carbons (Fsp3) is 0.273. The van der Waals surface area contributed by atoms with Gasteiger partial charge in [0.05, 0.1) is 18.0 Å². The summed E-state index contributed by atoms with van der Waals surface area (Å²) in [5.41, 5.74) is 4.75. The van der Waals surface area contributed by atoms with Gasteiger partial charge >= 0.3 is 0 Å². The second-order valence-electron chi connectivity index (χ2n) is 7.53. The van der Waals surface area contributed by atoms with Crippen LogP contribution in [0.3, 0.4) is 0 Å². The molecule has 0 amide bonds. The van der Waals surface area contributed by atoms with Gasteiger partial charge in [-0.05, 0) is 55.3 Å². The van der Waals surface area contributed by atoms with Crippen molar-refractivity contribution in [3.05, 3.63) is 72.9 Å². The average Bonchev–Trinajstić information content (AvgIpc) is 3.41. The molecular formula is C22H24N6. The van der Waals surface area contributed by atoms with Gasteiger partial charge in [0, 0.05) is 48.3 Å². The lowest BCUT2D eigenvalue weighted by atomic mass is 10.0. The number of aromatic nitrogens is 4. The molecule has 2 aromatic heterocycles. The van der Waals surface area contributed by atoms with Gasteiger partial charge in [0.2, 0.25) is 0 Å². The summed E-state index contributed by atoms with van der Waals surface area (Å²) in [4.78, 5) is 6.66. The second-order valence-corrected chi connectivity index (χ2v) is 7.53. The zero-order valence-electron chi connectivity index (χ0n) is 15.8. The minimum atomic E-state index is 0.475. The minimum absolute atomic E-state index is 0.475. The van der Waals surface area contributed by atoms with Crippen LogP contribution in [0.1, 0.15) is 18.4 Å². The number of rotatable bonds is 5. The molecule has 3 heterocycles. The number of nitrogens with zero attached hydrogens (tertiary/aromatic N) is 4. The van der Waals surface area contributed by atoms with Gasteiger partial charge in [-0.2, -0.15) is 5.10 Å². The van der Waals surface area contributed by atoms with Crippen molar-refractivity contribution in [2.75, 3.05) is 18.4 Å². The Morgan fingerprint density at radius 1 is 1.14 bits per heavy atom. The van der Waals surface area contributed by atoms with Gasteiger partial charge in [0.25, 0.3) is 0 Å². The van der Waals surface area contributed by atoms with Gasteiger partial charge < -0.3 is 9.88 Å². The number of piperidine rings is 1. The summed E-state index contributed by atoms with van der Waals surface area (Å²) in [6.45, 7) is 3.21. The minimum Gasteiger partial charge on any atom is -0.381 e. The molecule has 28 heavy (non-hydrogen) atoms. The first-order chi connectivity index (χ1) is 13.8. The number of H-pyrrole nitrogens is 1. The van der Waals surface area contributed by atoms with Gasteiger partial charge in [0.15, 0.2) is 0 Å². The van der Waals surface area contributed by atoms with E-state index in [1.165, 1.54) is 24.1 Å². The fourth-order valence-electron chi connectivity index (χ4n) is 4.03. The lowest BCUT2D eigenvalue weighted by Gasteiger charge is -2.33. The number of aromatic amines is 1. The second kappa shape index (κ2) is 7.48. The molecule has 1 fully saturated rings. The van der Waals surface area contributed by atoms with Crippen molar-refractivity contribution < 1.29 is 0 Å². The summed E-state index contributed by atoms with van der Waals surface area (Å²) in [6.07, 6.45) is 9.91. The molecule has 0 saturated carbocycles. The first kappa shape index (κ1) is 17.0. The number of anilines is 1. The van der Waals surface area contributed by atoms with Gasteiger partial charge in [-0.15, -0.1) is 0 Å². The maximum Gasteiger partial charge on any atom is 0.0991 e. The van der Waals surface area contributed by atoms with Crippen LogP contribution < -0.4 is 5.32 Å². The summed E-state index contributed by atoms with van der Waals surface area (Å²) in [7, 11) is 0. The van der Waals surface area contributed by atoms with Gasteiger partial charge in [-0.3, -0.25) is 10.00 Å². The molecule has 1 aliphatic heterocycles. The predicted octanol–water partition coefficient (Wildman–Crippen LogP) is 3.83. The molecule has 0 bridgehead atoms. The maximum absolute atomic E-state index is 4.11. The highest BCUT2D eigenvalue weighted by Gasteiger charge is 2.20. The normalized spacial score (nSPS) is 17.8. The molecule has 5 rings (SSSR count). The fourth-order valence-corrected chi connectivity index (χ4v) is 4.03. The number of benzene rings is 2. The molecule has 2 N–H and O–H groups in total. The first-order valence-corrected chi connectivity index (χ1v) is 9.83. The third kappa shape index (κ3) is 3.64. The Labute approximate surface area is 164 Å². The van der Waals surface area contributed by atoms with E-state index >= 15 is 0 Å². The van der Waals surface area contributed by atoms with Gasteiger partial charge in [-0.25, -0.2) is 4.98 Å². The van der Waals surface area contributed by atoms with Crippen LogP contribution in [-0.2, 0) is 6.54 Å². The summed E-state index contributed by atoms with van der Waals surface area (Å²) in [5.74, 6) is 0. The Morgan fingerprint density at radius 2 is 2.07 bits per heavy atom. The molecule has 142 valence electrons. The maximum atomic E-state index is 4.11. The van der Waals surface area contributed by atoms with Crippen LogP contribution in [-0.4, -0.2) is 43.8 Å². The van der Waals surface area contributed by atoms with Crippen molar-refractivity contribution in [1.29, 1.82) is 0 Å². The first-order valence-electron chi connectivity index (χ1n) is 9.83. The molecule has 1 atom stereocenters. The van der Waals surface area contributed by atoms with Crippen LogP contribution >= 0.6 is 0 Å². The molecule has 1 aliphatic rings. The number of hydrogen-bond donors (Lipinski definition) is 2. The molecule has 0 spiro atoms. The van der Waals surface area contributed by atoms with Gasteiger partial charge in [-0.1, -0.05) is 12.1 Å². The summed E-state index contributed by atoms with van der Waals surface area (Å²) in [5, 5.41) is 12.0. The van der Waals surface area contributed by atoms with Crippen LogP contribution in [0, 0.1) is 0 Å². The Balaban J connectivity index is 1.21. The van der Waals surface area contributed by atoms with E-state index < -0.39 is 0 Å². The van der Waals surface area contributed by atoms with Crippen LogP contribution in [0.25, 0.3) is 16.6 Å². The standard InChI is InChI=1S/C22H24N6/c1-2-20(25-19-5-8-22-18(12-19)13-24-26-22)15-27(10-1)14-17-3-6-21(7-4-17)28-11-9-23-16-28/h3-9,11-13,16,20,25H,1-2,10,14-15H2,(H,24,26). The number of nitrogens with one attached hydrogen (secondary N) is 2. The summed E-state index contributed by atoms with van der Waals surface area (Å²) in [6, 6.07) is 15.6. The van der Waals surface area contributed by atoms with E-state index in [4.69, 9.17) is 0 Å². The third-order valence-electron chi connectivity index (χ3n) is 5.46. The molecule has 2 aromatic carbocycles. The summed E-state index contributed by atoms with van der Waals surface area (Å²) >= 11 is 0. The third-order valence-corrected chi connectivity index (χ3v) is 5.46. The molecule has 6 heteroatoms. The summed E-state index contributed by atoms with van der Waals surface area (Å²) < 4.78 is 2.03. The molecule has 1 saturated heterocycles. The number of likely N-dealkylation sites (tertiary alicyclic amines) is 1. The zero-order valence-corrected chi connectivity index (χ0v) is 15.8. The highest BCUT2D eigenvalue weighted by atomic mass is 15.2. The lowest BCUT2D eigenvalue weighted by Crippen LogP contribution is -2.41. The SMILES string of the molecule is c1cn(-c2ccc(CN3CCCC(Nc4ccc5[nH]ncc5c4)C3)cc2)cn1. The number of hydrogen-bond acceptors (Lipinski definition) is 4. The van der Waals surface area contributed by atoms with Crippen LogP contribution in [0.15, 0.2) is 67.4 Å². The molecule has 0 aliphatic carbocycles. The Hall–Kier alpha value is -3.12. The van der Waals surface area contributed by atoms with Crippen LogP contribution in [0.4, 0.5) is 5.69 Å². The van der Waals surface area contributed by atoms with Crippen molar-refractivity contribution in [3.8, 4) is 5.69 Å².